The molecule has 1 atom stereocenters. The predicted octanol–water partition coefficient (Wildman–Crippen LogP) is 7.24. The van der Waals surface area contributed by atoms with Crippen LogP contribution < -0.4 is 4.74 Å². The van der Waals surface area contributed by atoms with Gasteiger partial charge in [-0.2, -0.15) is 0 Å². The second kappa shape index (κ2) is 14.2. The molecule has 0 aliphatic rings. The largest absolute Gasteiger partial charge is 0.488 e. The van der Waals surface area contributed by atoms with Gasteiger partial charge in [0.25, 0.3) is 0 Å². The Morgan fingerprint density at radius 3 is 1.86 bits per heavy atom. The van der Waals surface area contributed by atoms with Gasteiger partial charge in [0.15, 0.2) is 0 Å². The molecule has 0 aliphatic heterocycles. The molecule has 0 heterocycles. The molecule has 29 heavy (non-hydrogen) atoms. The van der Waals surface area contributed by atoms with Crippen molar-refractivity contribution in [3.8, 4) is 5.75 Å². The van der Waals surface area contributed by atoms with E-state index in [0.29, 0.717) is 0 Å². The minimum Gasteiger partial charge on any atom is -0.488 e. The van der Waals surface area contributed by atoms with Crippen LogP contribution in [0.5, 0.6) is 5.75 Å². The molecule has 1 unspecified atom stereocenters. The monoisotopic (exact) mass is 396 g/mol. The zero-order chi connectivity index (χ0) is 20.6. The van der Waals surface area contributed by atoms with Crippen molar-refractivity contribution in [3.63, 3.8) is 0 Å². The third-order valence-corrected chi connectivity index (χ3v) is 6.10. The number of quaternary nitrogens is 1. The Bertz CT molecular complexity index is 628. The van der Waals surface area contributed by atoms with Crippen molar-refractivity contribution in [2.45, 2.75) is 71.8 Å². The number of hydrogen-bond donors (Lipinski definition) is 0. The maximum absolute atomic E-state index is 6.07. The molecule has 0 spiro atoms. The van der Waals surface area contributed by atoms with Crippen molar-refractivity contribution in [1.29, 1.82) is 0 Å². The van der Waals surface area contributed by atoms with Crippen molar-refractivity contribution in [2.24, 2.45) is 0 Å². The van der Waals surface area contributed by atoms with Crippen LogP contribution in [-0.2, 0) is 6.54 Å². The minimum absolute atomic E-state index is 0.779. The van der Waals surface area contributed by atoms with Crippen LogP contribution in [-0.4, -0.2) is 30.7 Å². The summed E-state index contributed by atoms with van der Waals surface area (Å²) < 4.78 is 7.19. The lowest BCUT2D eigenvalue weighted by Crippen LogP contribution is -2.50. The highest BCUT2D eigenvalue weighted by molar-refractivity contribution is 5.20. The van der Waals surface area contributed by atoms with Crippen LogP contribution in [0.4, 0.5) is 0 Å². The zero-order valence-corrected chi connectivity index (χ0v) is 18.8. The maximum Gasteiger partial charge on any atom is 0.137 e. The molecule has 2 rings (SSSR count). The number of para-hydroxylation sites is 1. The molecule has 0 fully saturated rings. The average Bonchev–Trinajstić information content (AvgIpc) is 2.77. The lowest BCUT2D eigenvalue weighted by molar-refractivity contribution is -0.939. The molecule has 0 saturated carbocycles. The molecular formula is C27H42NO+. The van der Waals surface area contributed by atoms with Gasteiger partial charge in [-0.15, -0.1) is 0 Å². The van der Waals surface area contributed by atoms with Gasteiger partial charge in [0.05, 0.1) is 13.1 Å². The van der Waals surface area contributed by atoms with E-state index in [1.165, 1.54) is 63.5 Å². The first-order valence-corrected chi connectivity index (χ1v) is 11.8. The average molecular weight is 397 g/mol. The van der Waals surface area contributed by atoms with Crippen LogP contribution in [0.15, 0.2) is 60.7 Å². The number of benzene rings is 2. The lowest BCUT2D eigenvalue weighted by Gasteiger charge is -2.38. The summed E-state index contributed by atoms with van der Waals surface area (Å²) in [6.07, 6.45) is 11.0. The van der Waals surface area contributed by atoms with Crippen molar-refractivity contribution in [1.82, 2.24) is 0 Å². The molecule has 0 amide bonds. The number of rotatable bonds is 16. The highest BCUT2D eigenvalue weighted by Gasteiger charge is 2.25. The van der Waals surface area contributed by atoms with E-state index < -0.39 is 0 Å². The molecule has 2 heteroatoms. The molecule has 0 bridgehead atoms. The Hall–Kier alpha value is -1.80. The Balaban J connectivity index is 1.85. The quantitative estimate of drug-likeness (QED) is 0.214. The van der Waals surface area contributed by atoms with E-state index in [2.05, 4.69) is 56.3 Å². The molecule has 0 aliphatic carbocycles. The summed E-state index contributed by atoms with van der Waals surface area (Å²) in [5.41, 5.74) is 1.44. The number of unbranched alkanes of at least 4 members (excludes halogenated alkanes) is 7. The fourth-order valence-corrected chi connectivity index (χ4v) is 4.12. The predicted molar refractivity (Wildman–Crippen MR) is 125 cm³/mol. The minimum atomic E-state index is 0.779. The molecule has 0 radical (unpaired) electrons. The van der Waals surface area contributed by atoms with E-state index in [9.17, 15) is 0 Å². The number of ether oxygens (including phenoxy) is 1. The second-order valence-corrected chi connectivity index (χ2v) is 8.39. The number of hydrogen-bond acceptors (Lipinski definition) is 1. The SMILES string of the molecule is CCCCCCCCCC[N+](CC)(CCOc1ccccc1)Cc1ccccc1. The van der Waals surface area contributed by atoms with Gasteiger partial charge in [0.1, 0.15) is 25.4 Å². The molecule has 2 nitrogen and oxygen atoms in total. The number of likely N-dealkylation sites (N-methyl/N-ethyl adjacent to an activating group) is 1. The molecule has 2 aromatic rings. The van der Waals surface area contributed by atoms with Gasteiger partial charge in [-0.1, -0.05) is 94.0 Å². The van der Waals surface area contributed by atoms with Gasteiger partial charge in [0, 0.05) is 5.56 Å². The fraction of sp³-hybridized carbons (Fsp3) is 0.556. The normalized spacial score (nSPS) is 13.2. The van der Waals surface area contributed by atoms with Crippen molar-refractivity contribution in [3.05, 3.63) is 66.2 Å². The van der Waals surface area contributed by atoms with E-state index in [1.807, 2.05) is 18.2 Å². The van der Waals surface area contributed by atoms with Gasteiger partial charge in [-0.05, 0) is 31.9 Å². The summed E-state index contributed by atoms with van der Waals surface area (Å²) >= 11 is 0. The molecule has 0 saturated heterocycles. The first kappa shape index (κ1) is 23.5. The van der Waals surface area contributed by atoms with Crippen LogP contribution in [0.1, 0.15) is 70.8 Å². The van der Waals surface area contributed by atoms with Crippen LogP contribution in [0.3, 0.4) is 0 Å². The standard InChI is InChI=1S/C27H42NO/c1-3-5-6-7-8-9-10-17-22-28(4-2,25-26-18-13-11-14-19-26)23-24-29-27-20-15-12-16-21-27/h11-16,18-21H,3-10,17,22-25H2,1-2H3/q+1. The molecule has 0 N–H and O–H groups in total. The van der Waals surface area contributed by atoms with Crippen LogP contribution in [0.2, 0.25) is 0 Å². The second-order valence-electron chi connectivity index (χ2n) is 8.39. The highest BCUT2D eigenvalue weighted by Crippen LogP contribution is 2.19. The van der Waals surface area contributed by atoms with E-state index in [1.54, 1.807) is 0 Å². The maximum atomic E-state index is 6.07. The van der Waals surface area contributed by atoms with Crippen molar-refractivity contribution in [2.75, 3.05) is 26.2 Å². The summed E-state index contributed by atoms with van der Waals surface area (Å²) in [4.78, 5) is 0. The first-order valence-electron chi connectivity index (χ1n) is 11.8. The smallest absolute Gasteiger partial charge is 0.137 e. The first-order chi connectivity index (χ1) is 14.3. The fourth-order valence-electron chi connectivity index (χ4n) is 4.12. The van der Waals surface area contributed by atoms with Crippen LogP contribution in [0.25, 0.3) is 0 Å². The summed E-state index contributed by atoms with van der Waals surface area (Å²) in [5, 5.41) is 0. The number of nitrogens with zero attached hydrogens (tertiary/aromatic N) is 1. The van der Waals surface area contributed by atoms with Crippen LogP contribution in [0, 0.1) is 0 Å². The lowest BCUT2D eigenvalue weighted by atomic mass is 10.1. The van der Waals surface area contributed by atoms with Gasteiger partial charge in [-0.3, -0.25) is 0 Å². The molecule has 2 aromatic carbocycles. The Labute approximate surface area is 179 Å². The van der Waals surface area contributed by atoms with E-state index >= 15 is 0 Å². The Morgan fingerprint density at radius 1 is 0.655 bits per heavy atom. The van der Waals surface area contributed by atoms with Gasteiger partial charge in [-0.25, -0.2) is 0 Å². The zero-order valence-electron chi connectivity index (χ0n) is 18.8. The molecule has 160 valence electrons. The van der Waals surface area contributed by atoms with Crippen molar-refractivity contribution >= 4 is 0 Å². The van der Waals surface area contributed by atoms with Gasteiger partial charge >= 0.3 is 0 Å². The van der Waals surface area contributed by atoms with E-state index in [-0.39, 0.29) is 0 Å². The molecular weight excluding hydrogens is 354 g/mol. The Kier molecular flexibility index (Phi) is 11.5. The summed E-state index contributed by atoms with van der Waals surface area (Å²) in [5.74, 6) is 0.980. The molecule has 0 aromatic heterocycles. The Morgan fingerprint density at radius 2 is 1.24 bits per heavy atom. The summed E-state index contributed by atoms with van der Waals surface area (Å²) in [7, 11) is 0. The third-order valence-electron chi connectivity index (χ3n) is 6.10. The summed E-state index contributed by atoms with van der Waals surface area (Å²) in [6, 6.07) is 21.2. The summed E-state index contributed by atoms with van der Waals surface area (Å²) in [6.45, 7) is 9.99. The van der Waals surface area contributed by atoms with Gasteiger partial charge < -0.3 is 9.22 Å². The van der Waals surface area contributed by atoms with E-state index in [4.69, 9.17) is 4.74 Å². The highest BCUT2D eigenvalue weighted by atomic mass is 16.5. The van der Waals surface area contributed by atoms with Gasteiger partial charge in [0.2, 0.25) is 0 Å². The topological polar surface area (TPSA) is 9.23 Å². The van der Waals surface area contributed by atoms with Crippen molar-refractivity contribution < 1.29 is 9.22 Å². The third kappa shape index (κ3) is 9.49. The van der Waals surface area contributed by atoms with E-state index in [0.717, 1.165) is 36.5 Å². The van der Waals surface area contributed by atoms with Crippen LogP contribution >= 0.6 is 0 Å².